The molecule has 4 nitrogen and oxygen atoms in total. The lowest BCUT2D eigenvalue weighted by atomic mass is 10.3. The molecule has 0 aromatic carbocycles. The number of hydrogen-bond acceptors (Lipinski definition) is 4. The highest BCUT2D eigenvalue weighted by atomic mass is 19.4. The third-order valence-corrected chi connectivity index (χ3v) is 1.99. The van der Waals surface area contributed by atoms with Gasteiger partial charge in [-0.2, -0.15) is 43.9 Å². The summed E-state index contributed by atoms with van der Waals surface area (Å²) in [5, 5.41) is 0. The normalized spacial score (nSPS) is 16.3. The van der Waals surface area contributed by atoms with Crippen molar-refractivity contribution in [1.82, 2.24) is 0 Å². The molecule has 2 unspecified atom stereocenters. The summed E-state index contributed by atoms with van der Waals surface area (Å²) in [7, 11) is 0. The second-order valence-corrected chi connectivity index (χ2v) is 4.11. The molecule has 2 atom stereocenters. The Labute approximate surface area is 134 Å². The van der Waals surface area contributed by atoms with Crippen LogP contribution < -0.4 is 0 Å². The monoisotopic (exact) mass is 416 g/mol. The number of ether oxygens (including phenoxy) is 2. The van der Waals surface area contributed by atoms with Gasteiger partial charge in [-0.3, -0.25) is 0 Å². The van der Waals surface area contributed by atoms with Crippen molar-refractivity contribution in [2.24, 2.45) is 0 Å². The number of rotatable bonds is 6. The molecule has 0 aromatic rings. The van der Waals surface area contributed by atoms with Gasteiger partial charge in [-0.05, 0) is 0 Å². The SMILES string of the molecule is O=C(/C=C\C(=O)OC(F)(F)C(F)C(F)(F)F)OC(F)(F)C(F)C(F)(F)F. The van der Waals surface area contributed by atoms with E-state index in [2.05, 4.69) is 9.47 Å². The fourth-order valence-corrected chi connectivity index (χ4v) is 0.957. The van der Waals surface area contributed by atoms with E-state index in [4.69, 9.17) is 0 Å². The van der Waals surface area contributed by atoms with Gasteiger partial charge in [0.2, 0.25) is 0 Å². The Morgan fingerprint density at radius 2 is 0.846 bits per heavy atom. The first kappa shape index (κ1) is 23.8. The van der Waals surface area contributed by atoms with Crippen molar-refractivity contribution in [1.29, 1.82) is 0 Å². The van der Waals surface area contributed by atoms with E-state index in [-0.39, 0.29) is 0 Å². The molecule has 0 amide bonds. The molecule has 0 spiro atoms. The summed E-state index contributed by atoms with van der Waals surface area (Å²) in [6, 6.07) is 0. The van der Waals surface area contributed by atoms with Gasteiger partial charge in [-0.25, -0.2) is 18.4 Å². The lowest BCUT2D eigenvalue weighted by molar-refractivity contribution is -0.322. The minimum Gasteiger partial charge on any atom is -0.395 e. The van der Waals surface area contributed by atoms with Crippen LogP contribution in [0.2, 0.25) is 0 Å². The van der Waals surface area contributed by atoms with Crippen molar-refractivity contribution in [2.45, 2.75) is 36.9 Å². The van der Waals surface area contributed by atoms with Crippen LogP contribution in [-0.2, 0) is 19.1 Å². The highest BCUT2D eigenvalue weighted by molar-refractivity contribution is 5.91. The van der Waals surface area contributed by atoms with E-state index in [1.54, 1.807) is 0 Å². The summed E-state index contributed by atoms with van der Waals surface area (Å²) in [5.74, 6) is -5.18. The maximum Gasteiger partial charge on any atom is 0.441 e. The topological polar surface area (TPSA) is 52.6 Å². The number of alkyl halides is 12. The van der Waals surface area contributed by atoms with Crippen molar-refractivity contribution >= 4 is 11.9 Å². The largest absolute Gasteiger partial charge is 0.441 e. The van der Waals surface area contributed by atoms with Gasteiger partial charge in [0.1, 0.15) is 0 Å². The third-order valence-electron chi connectivity index (χ3n) is 1.99. The minimum atomic E-state index is -6.16. The van der Waals surface area contributed by atoms with Crippen molar-refractivity contribution in [3.05, 3.63) is 12.2 Å². The lowest BCUT2D eigenvalue weighted by Crippen LogP contribution is -2.45. The van der Waals surface area contributed by atoms with Crippen LogP contribution in [0.4, 0.5) is 52.7 Å². The van der Waals surface area contributed by atoms with Gasteiger partial charge in [-0.15, -0.1) is 0 Å². The zero-order chi connectivity index (χ0) is 21.1. The predicted octanol–water partition coefficient (Wildman–Crippen LogP) is 3.62. The molecule has 0 aliphatic rings. The molecule has 0 saturated heterocycles. The third kappa shape index (κ3) is 6.99. The summed E-state index contributed by atoms with van der Waals surface area (Å²) in [4.78, 5) is 21.4. The number of hydrogen-bond donors (Lipinski definition) is 0. The number of esters is 2. The molecule has 0 radical (unpaired) electrons. The summed E-state index contributed by atoms with van der Waals surface area (Å²) in [6.45, 7) is 0. The molecule has 0 aliphatic heterocycles. The maximum atomic E-state index is 12.6. The molecule has 0 rings (SSSR count). The Morgan fingerprint density at radius 1 is 0.615 bits per heavy atom. The van der Waals surface area contributed by atoms with E-state index in [0.29, 0.717) is 0 Å². The molecule has 0 heterocycles. The number of halogens is 12. The van der Waals surface area contributed by atoms with Gasteiger partial charge >= 0.3 is 36.5 Å². The molecule has 0 saturated carbocycles. The van der Waals surface area contributed by atoms with Gasteiger partial charge in [-0.1, -0.05) is 0 Å². The average Bonchev–Trinajstić information content (AvgIpc) is 2.40. The molecule has 0 aliphatic carbocycles. The number of carbonyl (C=O) groups is 2. The molecule has 0 bridgehead atoms. The van der Waals surface area contributed by atoms with E-state index >= 15 is 0 Å². The molecular weight excluding hydrogens is 412 g/mol. The summed E-state index contributed by atoms with van der Waals surface area (Å²) in [6.07, 6.45) is -35.1. The van der Waals surface area contributed by atoms with Gasteiger partial charge in [0.05, 0.1) is 0 Å². The highest BCUT2D eigenvalue weighted by Crippen LogP contribution is 2.36. The van der Waals surface area contributed by atoms with Crippen LogP contribution in [0, 0.1) is 0 Å². The van der Waals surface area contributed by atoms with Crippen LogP contribution in [0.3, 0.4) is 0 Å². The Hall–Kier alpha value is -2.16. The lowest BCUT2D eigenvalue weighted by Gasteiger charge is -2.21. The van der Waals surface area contributed by atoms with Crippen LogP contribution in [0.1, 0.15) is 0 Å². The fourth-order valence-electron chi connectivity index (χ4n) is 0.957. The molecule has 0 aromatic heterocycles. The van der Waals surface area contributed by atoms with Crippen LogP contribution in [-0.4, -0.2) is 48.9 Å². The van der Waals surface area contributed by atoms with Gasteiger partial charge in [0.25, 0.3) is 12.3 Å². The second kappa shape index (κ2) is 7.61. The second-order valence-electron chi connectivity index (χ2n) is 4.11. The fraction of sp³-hybridized carbons (Fsp3) is 0.600. The van der Waals surface area contributed by atoms with E-state index in [0.717, 1.165) is 0 Å². The Kier molecular flexibility index (Phi) is 6.98. The van der Waals surface area contributed by atoms with Crippen LogP contribution in [0.15, 0.2) is 12.2 Å². The molecule has 16 heteroatoms. The standard InChI is InChI=1S/C10H4F12O4/c11-5(7(13,14)15)9(19,20)25-3(23)1-2-4(24)26-10(21,22)6(12)8(16,17)18/h1-2,5-6H/b2-1-. The summed E-state index contributed by atoms with van der Waals surface area (Å²) >= 11 is 0. The molecule has 152 valence electrons. The van der Waals surface area contributed by atoms with E-state index < -0.39 is 61.0 Å². The smallest absolute Gasteiger partial charge is 0.395 e. The van der Waals surface area contributed by atoms with Gasteiger partial charge in [0.15, 0.2) is 0 Å². The van der Waals surface area contributed by atoms with E-state index in [1.165, 1.54) is 0 Å². The van der Waals surface area contributed by atoms with Gasteiger partial charge in [0, 0.05) is 12.2 Å². The zero-order valence-electron chi connectivity index (χ0n) is 11.5. The average molecular weight is 416 g/mol. The quantitative estimate of drug-likeness (QED) is 0.377. The van der Waals surface area contributed by atoms with Crippen molar-refractivity contribution in [3.8, 4) is 0 Å². The predicted molar refractivity (Wildman–Crippen MR) is 53.1 cm³/mol. The summed E-state index contributed by atoms with van der Waals surface area (Å²) < 4.78 is 151. The van der Waals surface area contributed by atoms with E-state index in [1.807, 2.05) is 0 Å². The van der Waals surface area contributed by atoms with Gasteiger partial charge < -0.3 is 9.47 Å². The Morgan fingerprint density at radius 3 is 1.04 bits per heavy atom. The number of carbonyl (C=O) groups excluding carboxylic acids is 2. The molecule has 0 N–H and O–H groups in total. The Balaban J connectivity index is 4.92. The zero-order valence-corrected chi connectivity index (χ0v) is 11.5. The minimum absolute atomic E-state index is 0.601. The van der Waals surface area contributed by atoms with Crippen molar-refractivity contribution in [3.63, 3.8) is 0 Å². The highest BCUT2D eigenvalue weighted by Gasteiger charge is 2.61. The first-order valence-electron chi connectivity index (χ1n) is 5.62. The molecule has 0 fully saturated rings. The van der Waals surface area contributed by atoms with Crippen LogP contribution in [0.5, 0.6) is 0 Å². The molecule has 26 heavy (non-hydrogen) atoms. The first-order chi connectivity index (χ1) is 11.3. The summed E-state index contributed by atoms with van der Waals surface area (Å²) in [5.41, 5.74) is 0. The van der Waals surface area contributed by atoms with Crippen LogP contribution >= 0.6 is 0 Å². The van der Waals surface area contributed by atoms with E-state index in [9.17, 15) is 62.3 Å². The molecular formula is C10H4F12O4. The maximum absolute atomic E-state index is 12.6. The Bertz CT molecular complexity index is 501. The van der Waals surface area contributed by atoms with Crippen LogP contribution in [0.25, 0.3) is 0 Å². The van der Waals surface area contributed by atoms with Crippen molar-refractivity contribution < 1.29 is 71.7 Å². The van der Waals surface area contributed by atoms with Crippen molar-refractivity contribution in [2.75, 3.05) is 0 Å². The first-order valence-corrected chi connectivity index (χ1v) is 5.62.